The molecule has 0 N–H and O–H groups in total. The molecule has 5 heteroatoms. The average Bonchev–Trinajstić information content (AvgIpc) is 2.83. The number of methoxy groups -OCH3 is 1. The van der Waals surface area contributed by atoms with Gasteiger partial charge in [0.1, 0.15) is 11.6 Å². The van der Waals surface area contributed by atoms with Gasteiger partial charge in [0.15, 0.2) is 0 Å². The number of piperidine rings is 1. The second kappa shape index (κ2) is 9.73. The van der Waals surface area contributed by atoms with Gasteiger partial charge in [0.2, 0.25) is 5.91 Å². The lowest BCUT2D eigenvalue weighted by molar-refractivity contribution is -0.132. The first-order valence-corrected chi connectivity index (χ1v) is 10.8. The monoisotopic (exact) mass is 418 g/mol. The third-order valence-electron chi connectivity index (χ3n) is 5.90. The third kappa shape index (κ3) is 5.10. The van der Waals surface area contributed by atoms with Gasteiger partial charge in [0.05, 0.1) is 12.8 Å². The number of carbonyl (C=O) groups is 1. The number of aromatic nitrogens is 1. The Hall–Kier alpha value is -3.21. The molecule has 0 aliphatic carbocycles. The fourth-order valence-electron chi connectivity index (χ4n) is 4.14. The molecule has 2 aromatic carbocycles. The molecule has 0 radical (unpaired) electrons. The molecule has 0 spiro atoms. The highest BCUT2D eigenvalue weighted by Gasteiger charge is 2.25. The predicted molar refractivity (Wildman–Crippen MR) is 120 cm³/mol. The van der Waals surface area contributed by atoms with Gasteiger partial charge >= 0.3 is 0 Å². The Morgan fingerprint density at radius 1 is 1.10 bits per heavy atom. The van der Waals surface area contributed by atoms with Crippen molar-refractivity contribution in [3.63, 3.8) is 0 Å². The molecule has 4 nitrogen and oxygen atoms in total. The lowest BCUT2D eigenvalue weighted by atomic mass is 9.93. The van der Waals surface area contributed by atoms with Crippen molar-refractivity contribution in [1.82, 2.24) is 9.88 Å². The van der Waals surface area contributed by atoms with Crippen molar-refractivity contribution in [2.75, 3.05) is 20.2 Å². The van der Waals surface area contributed by atoms with E-state index in [4.69, 9.17) is 9.72 Å². The van der Waals surface area contributed by atoms with Crippen LogP contribution in [0.5, 0.6) is 5.75 Å². The van der Waals surface area contributed by atoms with Crippen LogP contribution in [0, 0.1) is 5.82 Å². The van der Waals surface area contributed by atoms with Crippen molar-refractivity contribution < 1.29 is 13.9 Å². The minimum atomic E-state index is -0.272. The zero-order chi connectivity index (χ0) is 21.6. The number of carbonyl (C=O) groups excluding carboxylic acids is 1. The van der Waals surface area contributed by atoms with Crippen LogP contribution in [0.4, 0.5) is 4.39 Å². The number of hydrogen-bond acceptors (Lipinski definition) is 3. The fraction of sp³-hybridized carbons (Fsp3) is 0.308. The van der Waals surface area contributed by atoms with Crippen LogP contribution in [-0.4, -0.2) is 36.0 Å². The Labute approximate surface area is 182 Å². The Bertz CT molecular complexity index is 1040. The molecule has 0 unspecified atom stereocenters. The summed E-state index contributed by atoms with van der Waals surface area (Å²) >= 11 is 0. The van der Waals surface area contributed by atoms with E-state index >= 15 is 0 Å². The van der Waals surface area contributed by atoms with Gasteiger partial charge in [0.25, 0.3) is 0 Å². The van der Waals surface area contributed by atoms with Gasteiger partial charge in [-0.2, -0.15) is 0 Å². The maximum Gasteiger partial charge on any atom is 0.222 e. The smallest absolute Gasteiger partial charge is 0.222 e. The maximum atomic E-state index is 14.2. The van der Waals surface area contributed by atoms with Gasteiger partial charge in [-0.05, 0) is 61.2 Å². The number of halogens is 1. The van der Waals surface area contributed by atoms with Crippen LogP contribution < -0.4 is 4.74 Å². The van der Waals surface area contributed by atoms with Crippen molar-refractivity contribution in [2.24, 2.45) is 0 Å². The molecule has 160 valence electrons. The van der Waals surface area contributed by atoms with Crippen LogP contribution in [0.15, 0.2) is 66.7 Å². The number of likely N-dealkylation sites (tertiary alicyclic amines) is 1. The molecule has 1 aliphatic rings. The Balaban J connectivity index is 1.40. The van der Waals surface area contributed by atoms with E-state index in [1.807, 2.05) is 53.4 Å². The highest BCUT2D eigenvalue weighted by molar-refractivity contribution is 5.76. The topological polar surface area (TPSA) is 42.4 Å². The summed E-state index contributed by atoms with van der Waals surface area (Å²) in [6, 6.07) is 20.3. The number of ether oxygens (including phenoxy) is 1. The predicted octanol–water partition coefficient (Wildman–Crippen LogP) is 5.24. The summed E-state index contributed by atoms with van der Waals surface area (Å²) in [6.45, 7) is 1.44. The SMILES string of the molecule is COc1ccc(CCC(=O)N2CCC[C@H](c3cccc(-c4ccccc4F)n3)C2)cc1. The van der Waals surface area contributed by atoms with E-state index < -0.39 is 0 Å². The third-order valence-corrected chi connectivity index (χ3v) is 5.90. The zero-order valence-corrected chi connectivity index (χ0v) is 17.8. The number of rotatable bonds is 6. The number of nitrogens with zero attached hydrogens (tertiary/aromatic N) is 2. The number of pyridine rings is 1. The molecule has 3 aromatic rings. The summed E-state index contributed by atoms with van der Waals surface area (Å²) in [6.07, 6.45) is 3.13. The van der Waals surface area contributed by atoms with E-state index in [9.17, 15) is 9.18 Å². The van der Waals surface area contributed by atoms with Crippen LogP contribution in [-0.2, 0) is 11.2 Å². The van der Waals surface area contributed by atoms with Gasteiger partial charge in [-0.1, -0.05) is 30.3 Å². The van der Waals surface area contributed by atoms with Crippen molar-refractivity contribution in [3.05, 3.63) is 83.8 Å². The first-order valence-electron chi connectivity index (χ1n) is 10.8. The van der Waals surface area contributed by atoms with Crippen LogP contribution >= 0.6 is 0 Å². The molecule has 1 amide bonds. The summed E-state index contributed by atoms with van der Waals surface area (Å²) in [5.41, 5.74) is 3.20. The minimum absolute atomic E-state index is 0.172. The Morgan fingerprint density at radius 3 is 2.68 bits per heavy atom. The van der Waals surface area contributed by atoms with E-state index in [2.05, 4.69) is 0 Å². The van der Waals surface area contributed by atoms with Gasteiger partial charge in [-0.15, -0.1) is 0 Å². The number of amides is 1. The van der Waals surface area contributed by atoms with Gasteiger partial charge in [-0.3, -0.25) is 9.78 Å². The summed E-state index contributed by atoms with van der Waals surface area (Å²) < 4.78 is 19.4. The van der Waals surface area contributed by atoms with E-state index in [0.717, 1.165) is 36.4 Å². The fourth-order valence-corrected chi connectivity index (χ4v) is 4.14. The molecule has 1 saturated heterocycles. The lowest BCUT2D eigenvalue weighted by Crippen LogP contribution is -2.39. The number of aryl methyl sites for hydroxylation is 1. The number of benzene rings is 2. The highest BCUT2D eigenvalue weighted by Crippen LogP contribution is 2.29. The molecule has 1 atom stereocenters. The van der Waals surface area contributed by atoms with E-state index in [-0.39, 0.29) is 17.6 Å². The molecule has 0 saturated carbocycles. The summed E-state index contributed by atoms with van der Waals surface area (Å²) in [7, 11) is 1.65. The summed E-state index contributed by atoms with van der Waals surface area (Å²) in [4.78, 5) is 19.5. The molecule has 2 heterocycles. The van der Waals surface area contributed by atoms with E-state index in [0.29, 0.717) is 30.6 Å². The first-order chi connectivity index (χ1) is 15.1. The lowest BCUT2D eigenvalue weighted by Gasteiger charge is -2.32. The molecule has 1 aliphatic heterocycles. The summed E-state index contributed by atoms with van der Waals surface area (Å²) in [5, 5.41) is 0. The van der Waals surface area contributed by atoms with Gasteiger partial charge in [0, 0.05) is 36.7 Å². The van der Waals surface area contributed by atoms with Crippen LogP contribution in [0.25, 0.3) is 11.3 Å². The Kier molecular flexibility index (Phi) is 6.60. The summed E-state index contributed by atoms with van der Waals surface area (Å²) in [5.74, 6) is 0.890. The second-order valence-corrected chi connectivity index (χ2v) is 7.95. The molecule has 1 aromatic heterocycles. The van der Waals surface area contributed by atoms with Gasteiger partial charge in [-0.25, -0.2) is 4.39 Å². The molecular weight excluding hydrogens is 391 g/mol. The average molecular weight is 419 g/mol. The molecule has 4 rings (SSSR count). The van der Waals surface area contributed by atoms with Crippen LogP contribution in [0.2, 0.25) is 0 Å². The largest absolute Gasteiger partial charge is 0.497 e. The molecule has 1 fully saturated rings. The maximum absolute atomic E-state index is 14.2. The minimum Gasteiger partial charge on any atom is -0.497 e. The molecular formula is C26H27FN2O2. The molecule has 31 heavy (non-hydrogen) atoms. The highest BCUT2D eigenvalue weighted by atomic mass is 19.1. The van der Waals surface area contributed by atoms with Gasteiger partial charge < -0.3 is 9.64 Å². The van der Waals surface area contributed by atoms with Crippen LogP contribution in [0.3, 0.4) is 0 Å². The van der Waals surface area contributed by atoms with Crippen molar-refractivity contribution in [2.45, 2.75) is 31.6 Å². The zero-order valence-electron chi connectivity index (χ0n) is 17.8. The number of hydrogen-bond donors (Lipinski definition) is 0. The quantitative estimate of drug-likeness (QED) is 0.550. The van der Waals surface area contributed by atoms with Crippen LogP contribution in [0.1, 0.15) is 36.4 Å². The standard InChI is InChI=1S/C26H27FN2O2/c1-31-21-14-11-19(12-15-21)13-16-26(30)29-17-5-6-20(18-29)24-9-4-10-25(28-24)22-7-2-3-8-23(22)27/h2-4,7-12,14-15,20H,5-6,13,16-18H2,1H3/t20-/m0/s1. The van der Waals surface area contributed by atoms with Crippen molar-refractivity contribution in [3.8, 4) is 17.0 Å². The van der Waals surface area contributed by atoms with E-state index in [1.54, 1.807) is 19.2 Å². The second-order valence-electron chi connectivity index (χ2n) is 7.95. The molecule has 0 bridgehead atoms. The van der Waals surface area contributed by atoms with E-state index in [1.165, 1.54) is 6.07 Å². The first kappa shape index (κ1) is 21.0. The normalized spacial score (nSPS) is 16.2. The Morgan fingerprint density at radius 2 is 1.90 bits per heavy atom. The van der Waals surface area contributed by atoms with Crippen molar-refractivity contribution in [1.29, 1.82) is 0 Å². The van der Waals surface area contributed by atoms with Crippen molar-refractivity contribution >= 4 is 5.91 Å².